The van der Waals surface area contributed by atoms with Gasteiger partial charge in [0, 0.05) is 55.1 Å². The number of aromatic nitrogens is 4. The molecule has 0 spiro atoms. The van der Waals surface area contributed by atoms with Crippen LogP contribution in [-0.2, 0) is 31.2 Å². The lowest BCUT2D eigenvalue weighted by molar-refractivity contribution is -0.117. The maximum absolute atomic E-state index is 12.4. The summed E-state index contributed by atoms with van der Waals surface area (Å²) in [6.07, 6.45) is 7.02. The number of pyridine rings is 1. The molecule has 0 radical (unpaired) electrons. The van der Waals surface area contributed by atoms with Gasteiger partial charge in [-0.2, -0.15) is 10.1 Å². The van der Waals surface area contributed by atoms with Crippen LogP contribution < -0.4 is 10.1 Å². The molecule has 1 aliphatic carbocycles. The van der Waals surface area contributed by atoms with Crippen LogP contribution in [0.15, 0.2) is 35.7 Å². The summed E-state index contributed by atoms with van der Waals surface area (Å²) in [5.41, 5.74) is 3.94. The first-order chi connectivity index (χ1) is 14.1. The molecule has 0 atom stereocenters. The molecule has 1 aliphatic rings. The van der Waals surface area contributed by atoms with E-state index in [9.17, 15) is 9.59 Å². The van der Waals surface area contributed by atoms with E-state index >= 15 is 0 Å². The molecule has 0 saturated carbocycles. The molecule has 8 nitrogen and oxygen atoms in total. The van der Waals surface area contributed by atoms with E-state index in [1.54, 1.807) is 29.7 Å². The Balaban J connectivity index is 1.49. The summed E-state index contributed by atoms with van der Waals surface area (Å²) in [6, 6.07) is 3.38. The Morgan fingerprint density at radius 2 is 2.17 bits per heavy atom. The molecule has 0 aromatic carbocycles. The zero-order valence-corrected chi connectivity index (χ0v) is 17.2. The van der Waals surface area contributed by atoms with Crippen molar-refractivity contribution in [3.8, 4) is 11.3 Å². The molecule has 150 valence electrons. The number of carbonyl (C=O) groups is 2. The summed E-state index contributed by atoms with van der Waals surface area (Å²) < 4.78 is 4.01. The molecule has 0 bridgehead atoms. The van der Waals surface area contributed by atoms with Crippen molar-refractivity contribution in [2.45, 2.75) is 32.7 Å². The van der Waals surface area contributed by atoms with Crippen molar-refractivity contribution in [2.75, 3.05) is 6.54 Å². The molecular formula is C20H22N6O2S. The minimum Gasteiger partial charge on any atom is -0.351 e. The first kappa shape index (κ1) is 19.3. The summed E-state index contributed by atoms with van der Waals surface area (Å²) in [5.74, 6) is -0.492. The first-order valence-corrected chi connectivity index (χ1v) is 10.4. The Morgan fingerprint density at radius 3 is 2.93 bits per heavy atom. The van der Waals surface area contributed by atoms with Gasteiger partial charge in [-0.1, -0.05) is 0 Å². The van der Waals surface area contributed by atoms with Crippen LogP contribution >= 0.6 is 11.3 Å². The fraction of sp³-hybridized carbons (Fsp3) is 0.350. The normalized spacial score (nSPS) is 13.1. The zero-order valence-electron chi connectivity index (χ0n) is 16.4. The first-order valence-electron chi connectivity index (χ1n) is 9.58. The maximum atomic E-state index is 12.4. The summed E-state index contributed by atoms with van der Waals surface area (Å²) in [6.45, 7) is 3.01. The van der Waals surface area contributed by atoms with Crippen LogP contribution in [0.4, 0.5) is 0 Å². The van der Waals surface area contributed by atoms with E-state index in [2.05, 4.69) is 31.9 Å². The molecule has 0 fully saturated rings. The van der Waals surface area contributed by atoms with Crippen molar-refractivity contribution < 1.29 is 9.59 Å². The molecule has 0 aliphatic heterocycles. The van der Waals surface area contributed by atoms with Gasteiger partial charge in [0.15, 0.2) is 4.80 Å². The van der Waals surface area contributed by atoms with Gasteiger partial charge in [-0.05, 0) is 31.9 Å². The number of hydrogen-bond acceptors (Lipinski definition) is 5. The van der Waals surface area contributed by atoms with E-state index < -0.39 is 0 Å². The van der Waals surface area contributed by atoms with Crippen LogP contribution in [0.25, 0.3) is 11.3 Å². The van der Waals surface area contributed by atoms with E-state index in [-0.39, 0.29) is 24.8 Å². The lowest BCUT2D eigenvalue weighted by Gasteiger charge is -2.15. The van der Waals surface area contributed by atoms with Crippen molar-refractivity contribution in [3.05, 3.63) is 51.7 Å². The second-order valence-electron chi connectivity index (χ2n) is 6.78. The van der Waals surface area contributed by atoms with E-state index in [1.807, 2.05) is 17.9 Å². The van der Waals surface area contributed by atoms with Gasteiger partial charge in [-0.15, -0.1) is 11.3 Å². The average molecular weight is 411 g/mol. The van der Waals surface area contributed by atoms with Gasteiger partial charge in [0.2, 0.25) is 5.91 Å². The molecule has 1 N–H and O–H groups in total. The van der Waals surface area contributed by atoms with Gasteiger partial charge < -0.3 is 9.88 Å². The number of amides is 2. The molecule has 3 aromatic rings. The predicted octanol–water partition coefficient (Wildman–Crippen LogP) is 1.71. The Hall–Kier alpha value is -3.07. The molecule has 29 heavy (non-hydrogen) atoms. The molecule has 4 rings (SSSR count). The Morgan fingerprint density at radius 1 is 1.31 bits per heavy atom. The number of hydrogen-bond donors (Lipinski definition) is 1. The van der Waals surface area contributed by atoms with Crippen LogP contribution in [0.1, 0.15) is 34.3 Å². The molecular weight excluding hydrogens is 388 g/mol. The fourth-order valence-corrected chi connectivity index (χ4v) is 4.75. The third-order valence-electron chi connectivity index (χ3n) is 4.97. The number of nitrogens with one attached hydrogen (secondary N) is 1. The highest BCUT2D eigenvalue weighted by Crippen LogP contribution is 2.34. The molecule has 0 unspecified atom stereocenters. The molecule has 9 heteroatoms. The van der Waals surface area contributed by atoms with Crippen LogP contribution in [0, 0.1) is 0 Å². The highest BCUT2D eigenvalue weighted by Gasteiger charge is 2.25. The summed E-state index contributed by atoms with van der Waals surface area (Å²) in [4.78, 5) is 34.6. The van der Waals surface area contributed by atoms with Crippen molar-refractivity contribution in [1.82, 2.24) is 24.6 Å². The molecule has 0 saturated heterocycles. The maximum Gasteiger partial charge on any atom is 0.252 e. The Bertz CT molecular complexity index is 1130. The van der Waals surface area contributed by atoms with Crippen LogP contribution in [0.2, 0.25) is 0 Å². The smallest absolute Gasteiger partial charge is 0.252 e. The van der Waals surface area contributed by atoms with Gasteiger partial charge in [0.05, 0.1) is 17.5 Å². The van der Waals surface area contributed by atoms with Crippen molar-refractivity contribution in [2.24, 2.45) is 12.0 Å². The molecule has 3 heterocycles. The third-order valence-corrected chi connectivity index (χ3v) is 6.11. The van der Waals surface area contributed by atoms with E-state index in [4.69, 9.17) is 0 Å². The summed E-state index contributed by atoms with van der Waals surface area (Å²) in [5, 5.41) is 7.13. The number of rotatable bonds is 5. The third kappa shape index (κ3) is 3.77. The monoisotopic (exact) mass is 410 g/mol. The van der Waals surface area contributed by atoms with Gasteiger partial charge in [-0.25, -0.2) is 0 Å². The second-order valence-corrected chi connectivity index (χ2v) is 7.84. The van der Waals surface area contributed by atoms with Crippen molar-refractivity contribution in [3.63, 3.8) is 0 Å². The van der Waals surface area contributed by atoms with Crippen molar-refractivity contribution in [1.29, 1.82) is 0 Å². The average Bonchev–Trinajstić information content (AvgIpc) is 3.28. The van der Waals surface area contributed by atoms with Gasteiger partial charge >= 0.3 is 0 Å². The number of nitrogens with zero attached hydrogens (tertiary/aromatic N) is 5. The van der Waals surface area contributed by atoms with E-state index in [1.165, 1.54) is 16.8 Å². The lowest BCUT2D eigenvalue weighted by Crippen LogP contribution is -2.26. The van der Waals surface area contributed by atoms with E-state index in [0.29, 0.717) is 10.4 Å². The highest BCUT2D eigenvalue weighted by atomic mass is 32.1. The second kappa shape index (κ2) is 8.12. The summed E-state index contributed by atoms with van der Waals surface area (Å²) in [7, 11) is 1.96. The summed E-state index contributed by atoms with van der Waals surface area (Å²) >= 11 is 1.57. The van der Waals surface area contributed by atoms with Crippen LogP contribution in [0.5, 0.6) is 0 Å². The molecule has 2 amide bonds. The number of aryl methyl sites for hydroxylation is 2. The SMILES string of the molecule is CCn1c2c(sc1=NC(=O)CCNC(=O)c1cccnc1)CCc1c-2cnn1C. The van der Waals surface area contributed by atoms with Gasteiger partial charge in [0.25, 0.3) is 5.91 Å². The van der Waals surface area contributed by atoms with Crippen LogP contribution in [0.3, 0.4) is 0 Å². The zero-order chi connectivity index (χ0) is 20.4. The quantitative estimate of drug-likeness (QED) is 0.693. The Labute approximate surface area is 171 Å². The molecule has 3 aromatic heterocycles. The minimum atomic E-state index is -0.247. The van der Waals surface area contributed by atoms with Gasteiger partial charge in [0.1, 0.15) is 0 Å². The number of fused-ring (bicyclic) bond motifs is 3. The number of thiazole rings is 1. The van der Waals surface area contributed by atoms with Crippen molar-refractivity contribution >= 4 is 23.2 Å². The highest BCUT2D eigenvalue weighted by molar-refractivity contribution is 7.09. The lowest BCUT2D eigenvalue weighted by atomic mass is 10.00. The van der Waals surface area contributed by atoms with E-state index in [0.717, 1.165) is 30.6 Å². The topological polar surface area (TPSA) is 94.2 Å². The largest absolute Gasteiger partial charge is 0.351 e. The van der Waals surface area contributed by atoms with Crippen LogP contribution in [-0.4, -0.2) is 37.7 Å². The minimum absolute atomic E-state index is 0.149. The number of carbonyl (C=O) groups excluding carboxylic acids is 2. The van der Waals surface area contributed by atoms with Gasteiger partial charge in [-0.3, -0.25) is 19.3 Å². The fourth-order valence-electron chi connectivity index (χ4n) is 3.54. The predicted molar refractivity (Wildman–Crippen MR) is 109 cm³/mol. The Kier molecular flexibility index (Phi) is 5.39. The standard InChI is InChI=1S/C20H22N6O2S/c1-3-26-18-14-12-23-25(2)15(14)6-7-16(18)29-20(26)24-17(27)8-10-22-19(28)13-5-4-9-21-11-13/h4-5,9,11-12H,3,6-8,10H2,1-2H3,(H,22,28).